The summed E-state index contributed by atoms with van der Waals surface area (Å²) in [6.45, 7) is 0. The largest absolute Gasteiger partial charge is 0.453 e. The number of pyridine rings is 1. The summed E-state index contributed by atoms with van der Waals surface area (Å²) >= 11 is 6.05. The fourth-order valence-electron chi connectivity index (χ4n) is 1.86. The summed E-state index contributed by atoms with van der Waals surface area (Å²) in [5, 5.41) is 0.544. The molecule has 96 valence electrons. The molecule has 3 aromatic rings. The molecule has 0 aliphatic carbocycles. The molecule has 5 heteroatoms. The number of hydrogen-bond donors (Lipinski definition) is 0. The second-order valence-electron chi connectivity index (χ2n) is 4.10. The highest BCUT2D eigenvalue weighted by Gasteiger charge is 2.10. The molecule has 1 atom stereocenters. The van der Waals surface area contributed by atoms with E-state index in [0.29, 0.717) is 16.4 Å². The Labute approximate surface area is 117 Å². The van der Waals surface area contributed by atoms with E-state index < -0.39 is 10.8 Å². The predicted octanol–water partition coefficient (Wildman–Crippen LogP) is 3.89. The molecular formula is C14H10ClNO2S. The molecule has 1 aromatic carbocycles. The molecule has 0 aliphatic rings. The zero-order valence-corrected chi connectivity index (χ0v) is 11.7. The number of nitrogens with zero attached hydrogens (tertiary/aromatic N) is 1. The van der Waals surface area contributed by atoms with Gasteiger partial charge in [0.15, 0.2) is 5.58 Å². The van der Waals surface area contributed by atoms with Gasteiger partial charge in [-0.1, -0.05) is 23.7 Å². The number of fused-ring (bicyclic) bond motifs is 1. The molecule has 2 aromatic heterocycles. The molecule has 0 fully saturated rings. The van der Waals surface area contributed by atoms with E-state index in [0.717, 1.165) is 16.0 Å². The second-order valence-corrected chi connectivity index (χ2v) is 5.88. The smallest absolute Gasteiger partial charge is 0.171 e. The number of aromatic nitrogens is 1. The van der Waals surface area contributed by atoms with Crippen LogP contribution in [0.25, 0.3) is 22.4 Å². The molecular weight excluding hydrogens is 282 g/mol. The first-order chi connectivity index (χ1) is 9.15. The zero-order valence-electron chi connectivity index (χ0n) is 10.1. The van der Waals surface area contributed by atoms with Crippen molar-refractivity contribution < 1.29 is 8.63 Å². The summed E-state index contributed by atoms with van der Waals surface area (Å²) in [6.07, 6.45) is 3.30. The molecule has 2 heterocycles. The van der Waals surface area contributed by atoms with Crippen molar-refractivity contribution in [1.82, 2.24) is 4.98 Å². The average molecular weight is 292 g/mol. The summed E-state index contributed by atoms with van der Waals surface area (Å²) in [6, 6.07) is 11.0. The second kappa shape index (κ2) is 4.79. The topological polar surface area (TPSA) is 43.1 Å². The molecule has 0 saturated carbocycles. The van der Waals surface area contributed by atoms with E-state index in [2.05, 4.69) is 4.98 Å². The Bertz CT molecular complexity index is 765. The maximum Gasteiger partial charge on any atom is 0.171 e. The van der Waals surface area contributed by atoms with Gasteiger partial charge in [-0.2, -0.15) is 0 Å². The van der Waals surface area contributed by atoms with Crippen LogP contribution in [0.3, 0.4) is 0 Å². The highest BCUT2D eigenvalue weighted by atomic mass is 35.5. The van der Waals surface area contributed by atoms with Crippen molar-refractivity contribution in [3.8, 4) is 11.3 Å². The third-order valence-electron chi connectivity index (χ3n) is 2.83. The molecule has 3 nitrogen and oxygen atoms in total. The zero-order chi connectivity index (χ0) is 13.4. The van der Waals surface area contributed by atoms with Gasteiger partial charge in [0.1, 0.15) is 11.3 Å². The lowest BCUT2D eigenvalue weighted by atomic mass is 10.2. The molecule has 19 heavy (non-hydrogen) atoms. The van der Waals surface area contributed by atoms with Gasteiger partial charge in [0.2, 0.25) is 0 Å². The molecule has 0 amide bonds. The molecule has 0 saturated heterocycles. The van der Waals surface area contributed by atoms with E-state index in [9.17, 15) is 4.21 Å². The predicted molar refractivity (Wildman–Crippen MR) is 76.8 cm³/mol. The highest BCUT2D eigenvalue weighted by molar-refractivity contribution is 7.84. The van der Waals surface area contributed by atoms with Crippen molar-refractivity contribution in [2.75, 3.05) is 6.26 Å². The summed E-state index contributed by atoms with van der Waals surface area (Å²) in [7, 11) is -0.976. The van der Waals surface area contributed by atoms with Crippen LogP contribution < -0.4 is 0 Å². The fraction of sp³-hybridized carbons (Fsp3) is 0.0714. The van der Waals surface area contributed by atoms with Crippen LogP contribution in [0.15, 0.2) is 51.9 Å². The Morgan fingerprint density at radius 1 is 1.21 bits per heavy atom. The van der Waals surface area contributed by atoms with Crippen LogP contribution >= 0.6 is 11.6 Å². The Morgan fingerprint density at radius 3 is 2.58 bits per heavy atom. The average Bonchev–Trinajstić information content (AvgIpc) is 2.84. The van der Waals surface area contributed by atoms with E-state index in [1.54, 1.807) is 18.5 Å². The van der Waals surface area contributed by atoms with E-state index in [1.807, 2.05) is 30.3 Å². The van der Waals surface area contributed by atoms with Crippen LogP contribution in [0, 0.1) is 0 Å². The van der Waals surface area contributed by atoms with E-state index in [1.165, 1.54) is 0 Å². The van der Waals surface area contributed by atoms with Gasteiger partial charge in [0, 0.05) is 39.8 Å². The van der Waals surface area contributed by atoms with E-state index in [4.69, 9.17) is 16.0 Å². The summed E-state index contributed by atoms with van der Waals surface area (Å²) in [5.41, 5.74) is 2.22. The number of hydrogen-bond acceptors (Lipinski definition) is 3. The van der Waals surface area contributed by atoms with Crippen LogP contribution in [0.1, 0.15) is 0 Å². The van der Waals surface area contributed by atoms with Gasteiger partial charge in [0.05, 0.1) is 5.02 Å². The van der Waals surface area contributed by atoms with Crippen LogP contribution in [0.4, 0.5) is 0 Å². The van der Waals surface area contributed by atoms with E-state index >= 15 is 0 Å². The van der Waals surface area contributed by atoms with Gasteiger partial charge >= 0.3 is 0 Å². The third kappa shape index (κ3) is 2.29. The van der Waals surface area contributed by atoms with E-state index in [-0.39, 0.29) is 0 Å². The van der Waals surface area contributed by atoms with Gasteiger partial charge in [0.25, 0.3) is 0 Å². The standard InChI is InChI=1S/C14H10ClNO2S/c1-19(17)10-4-2-9(3-5-10)13-8-12-14(18-13)11(15)6-7-16-12/h2-8H,1H3. The molecule has 0 N–H and O–H groups in total. The van der Waals surface area contributed by atoms with Gasteiger partial charge in [-0.05, 0) is 18.2 Å². The molecule has 1 unspecified atom stereocenters. The third-order valence-corrected chi connectivity index (χ3v) is 4.07. The normalized spacial score (nSPS) is 12.7. The SMILES string of the molecule is CS(=O)c1ccc(-c2cc3nccc(Cl)c3o2)cc1. The van der Waals surface area contributed by atoms with Crippen molar-refractivity contribution in [3.63, 3.8) is 0 Å². The number of halogens is 1. The molecule has 0 bridgehead atoms. The first-order valence-corrected chi connectivity index (χ1v) is 7.56. The number of benzene rings is 1. The Hall–Kier alpha value is -1.65. The van der Waals surface area contributed by atoms with Crippen LogP contribution in [0.2, 0.25) is 5.02 Å². The Kier molecular flexibility index (Phi) is 3.12. The monoisotopic (exact) mass is 291 g/mol. The molecule has 0 radical (unpaired) electrons. The lowest BCUT2D eigenvalue weighted by Gasteiger charge is -1.98. The fourth-order valence-corrected chi connectivity index (χ4v) is 2.57. The molecule has 0 aliphatic heterocycles. The van der Waals surface area contributed by atoms with Gasteiger partial charge in [-0.15, -0.1) is 0 Å². The van der Waals surface area contributed by atoms with Crippen LogP contribution in [-0.4, -0.2) is 15.4 Å². The first-order valence-electron chi connectivity index (χ1n) is 5.63. The summed E-state index contributed by atoms with van der Waals surface area (Å²) < 4.78 is 17.1. The summed E-state index contributed by atoms with van der Waals surface area (Å²) in [5.74, 6) is 0.698. The quantitative estimate of drug-likeness (QED) is 0.719. The summed E-state index contributed by atoms with van der Waals surface area (Å²) in [4.78, 5) is 5.00. The lowest BCUT2D eigenvalue weighted by molar-refractivity contribution is 0.631. The number of rotatable bonds is 2. The maximum absolute atomic E-state index is 11.3. The molecule has 3 rings (SSSR count). The van der Waals surface area contributed by atoms with Crippen molar-refractivity contribution in [2.24, 2.45) is 0 Å². The van der Waals surface area contributed by atoms with Gasteiger partial charge in [-0.25, -0.2) is 0 Å². The Morgan fingerprint density at radius 2 is 1.95 bits per heavy atom. The van der Waals surface area contributed by atoms with Crippen molar-refractivity contribution in [1.29, 1.82) is 0 Å². The van der Waals surface area contributed by atoms with Gasteiger partial charge in [-0.3, -0.25) is 9.19 Å². The minimum atomic E-state index is -0.976. The van der Waals surface area contributed by atoms with Crippen molar-refractivity contribution in [2.45, 2.75) is 4.90 Å². The minimum absolute atomic E-state index is 0.544. The first kappa shape index (κ1) is 12.4. The van der Waals surface area contributed by atoms with Gasteiger partial charge < -0.3 is 4.42 Å². The lowest BCUT2D eigenvalue weighted by Crippen LogP contribution is -1.86. The Balaban J connectivity index is 2.09. The maximum atomic E-state index is 11.3. The van der Waals surface area contributed by atoms with Crippen LogP contribution in [0.5, 0.6) is 0 Å². The highest BCUT2D eigenvalue weighted by Crippen LogP contribution is 2.30. The van der Waals surface area contributed by atoms with Crippen molar-refractivity contribution in [3.05, 3.63) is 47.6 Å². The van der Waals surface area contributed by atoms with Crippen molar-refractivity contribution >= 4 is 33.5 Å². The molecule has 0 spiro atoms. The minimum Gasteiger partial charge on any atom is -0.453 e. The number of furan rings is 1. The van der Waals surface area contributed by atoms with Crippen LogP contribution in [-0.2, 0) is 10.8 Å².